The van der Waals surface area contributed by atoms with E-state index < -0.39 is 0 Å². The molecule has 3 aliphatic rings. The third-order valence-electron chi connectivity index (χ3n) is 7.67. The molecule has 8 heteroatoms. The lowest BCUT2D eigenvalue weighted by Gasteiger charge is -2.45. The predicted octanol–water partition coefficient (Wildman–Crippen LogP) is 2.71. The molecular formula is C23H38N8. The van der Waals surface area contributed by atoms with Crippen molar-refractivity contribution < 1.29 is 0 Å². The minimum atomic E-state index is 0.312. The standard InChI is InChI=1S/C23H38N8/c1-18(16-29-10-4-5-11-29)25-22-26-20-19(28(3)17-24-20)21(27-22)30-14-8-23(2,9-15-30)31-12-6-7-13-31/h17-18H,4-16H2,1-3H3,(H,25,26,27). The number of fused-ring (bicyclic) bond motifs is 1. The third-order valence-corrected chi connectivity index (χ3v) is 7.67. The molecule has 0 aromatic carbocycles. The Morgan fingerprint density at radius 3 is 2.39 bits per heavy atom. The number of imidazole rings is 1. The molecule has 5 rings (SSSR count). The van der Waals surface area contributed by atoms with Gasteiger partial charge in [-0.3, -0.25) is 4.90 Å². The van der Waals surface area contributed by atoms with Crippen molar-refractivity contribution >= 4 is 22.9 Å². The van der Waals surface area contributed by atoms with Crippen molar-refractivity contribution in [3.8, 4) is 0 Å². The monoisotopic (exact) mass is 426 g/mol. The summed E-state index contributed by atoms with van der Waals surface area (Å²) in [6.07, 6.45) is 9.57. The number of nitrogens with one attached hydrogen (secondary N) is 1. The van der Waals surface area contributed by atoms with E-state index in [2.05, 4.69) is 43.4 Å². The summed E-state index contributed by atoms with van der Waals surface area (Å²) in [5.41, 5.74) is 2.16. The molecule has 0 saturated carbocycles. The number of nitrogens with zero attached hydrogens (tertiary/aromatic N) is 7. The van der Waals surface area contributed by atoms with Crippen LogP contribution in [0.3, 0.4) is 0 Å². The van der Waals surface area contributed by atoms with Gasteiger partial charge in [0.15, 0.2) is 11.5 Å². The van der Waals surface area contributed by atoms with Gasteiger partial charge < -0.3 is 19.7 Å². The van der Waals surface area contributed by atoms with Crippen molar-refractivity contribution in [2.45, 2.75) is 64.0 Å². The third kappa shape index (κ3) is 4.24. The Balaban J connectivity index is 1.34. The summed E-state index contributed by atoms with van der Waals surface area (Å²) in [7, 11) is 2.05. The summed E-state index contributed by atoms with van der Waals surface area (Å²) >= 11 is 0. The van der Waals surface area contributed by atoms with E-state index in [1.165, 1.54) is 64.7 Å². The Kier molecular flexibility index (Phi) is 5.77. The zero-order chi connectivity index (χ0) is 21.4. The van der Waals surface area contributed by atoms with Gasteiger partial charge in [0.2, 0.25) is 5.95 Å². The fourth-order valence-corrected chi connectivity index (χ4v) is 5.71. The van der Waals surface area contributed by atoms with E-state index in [0.29, 0.717) is 17.5 Å². The highest BCUT2D eigenvalue weighted by Crippen LogP contribution is 2.34. The molecule has 0 radical (unpaired) electrons. The Labute approximate surface area is 186 Å². The van der Waals surface area contributed by atoms with Gasteiger partial charge in [0.1, 0.15) is 5.52 Å². The highest BCUT2D eigenvalue weighted by atomic mass is 15.3. The molecule has 0 amide bonds. The van der Waals surface area contributed by atoms with E-state index >= 15 is 0 Å². The molecule has 2 aromatic rings. The molecule has 2 aromatic heterocycles. The average Bonchev–Trinajstić information content (AvgIpc) is 3.51. The lowest BCUT2D eigenvalue weighted by molar-refractivity contribution is 0.105. The van der Waals surface area contributed by atoms with Crippen LogP contribution in [0.25, 0.3) is 11.2 Å². The largest absolute Gasteiger partial charge is 0.355 e. The molecule has 5 heterocycles. The number of hydrogen-bond donors (Lipinski definition) is 1. The van der Waals surface area contributed by atoms with Crippen molar-refractivity contribution in [3.63, 3.8) is 0 Å². The molecule has 8 nitrogen and oxygen atoms in total. The smallest absolute Gasteiger partial charge is 0.227 e. The fourth-order valence-electron chi connectivity index (χ4n) is 5.71. The van der Waals surface area contributed by atoms with Crippen molar-refractivity contribution in [1.82, 2.24) is 29.3 Å². The Bertz CT molecular complexity index is 888. The summed E-state index contributed by atoms with van der Waals surface area (Å²) in [6.45, 7) is 12.7. The second-order valence-electron chi connectivity index (χ2n) is 10.1. The van der Waals surface area contributed by atoms with E-state index in [0.717, 1.165) is 36.6 Å². The van der Waals surface area contributed by atoms with E-state index in [4.69, 9.17) is 9.97 Å². The summed E-state index contributed by atoms with van der Waals surface area (Å²) in [6, 6.07) is 0.312. The summed E-state index contributed by atoms with van der Waals surface area (Å²) < 4.78 is 2.07. The molecular weight excluding hydrogens is 388 g/mol. The minimum absolute atomic E-state index is 0.312. The van der Waals surface area contributed by atoms with E-state index in [1.807, 2.05) is 13.4 Å². The van der Waals surface area contributed by atoms with Crippen LogP contribution in [-0.4, -0.2) is 86.7 Å². The van der Waals surface area contributed by atoms with Crippen LogP contribution in [-0.2, 0) is 7.05 Å². The molecule has 3 aliphatic heterocycles. The number of likely N-dealkylation sites (tertiary alicyclic amines) is 2. The molecule has 0 aliphatic carbocycles. The van der Waals surface area contributed by atoms with Crippen LogP contribution < -0.4 is 10.2 Å². The van der Waals surface area contributed by atoms with Crippen LogP contribution in [0.1, 0.15) is 52.4 Å². The van der Waals surface area contributed by atoms with Crippen LogP contribution in [0.15, 0.2) is 6.33 Å². The minimum Gasteiger partial charge on any atom is -0.355 e. The number of rotatable bonds is 6. The van der Waals surface area contributed by atoms with Gasteiger partial charge in [0, 0.05) is 38.3 Å². The summed E-state index contributed by atoms with van der Waals surface area (Å²) in [4.78, 5) is 22.0. The van der Waals surface area contributed by atoms with Gasteiger partial charge in [-0.2, -0.15) is 9.97 Å². The van der Waals surface area contributed by atoms with Crippen LogP contribution in [0.2, 0.25) is 0 Å². The molecule has 0 spiro atoms. The maximum Gasteiger partial charge on any atom is 0.227 e. The molecule has 1 N–H and O–H groups in total. The van der Waals surface area contributed by atoms with Crippen molar-refractivity contribution in [2.75, 3.05) is 56.0 Å². The first-order valence-electron chi connectivity index (χ1n) is 12.2. The quantitative estimate of drug-likeness (QED) is 0.762. The predicted molar refractivity (Wildman–Crippen MR) is 126 cm³/mol. The van der Waals surface area contributed by atoms with Gasteiger partial charge in [0.25, 0.3) is 0 Å². The first kappa shape index (κ1) is 20.9. The van der Waals surface area contributed by atoms with Crippen LogP contribution in [0, 0.1) is 0 Å². The second kappa shape index (κ2) is 8.54. The van der Waals surface area contributed by atoms with Crippen LogP contribution >= 0.6 is 0 Å². The average molecular weight is 427 g/mol. The molecule has 31 heavy (non-hydrogen) atoms. The molecule has 3 saturated heterocycles. The molecule has 1 atom stereocenters. The van der Waals surface area contributed by atoms with Crippen LogP contribution in [0.4, 0.5) is 11.8 Å². The summed E-state index contributed by atoms with van der Waals surface area (Å²) in [5.74, 6) is 1.74. The molecule has 1 unspecified atom stereocenters. The number of aromatic nitrogens is 4. The van der Waals surface area contributed by atoms with Crippen molar-refractivity contribution in [3.05, 3.63) is 6.33 Å². The van der Waals surface area contributed by atoms with Gasteiger partial charge >= 0.3 is 0 Å². The summed E-state index contributed by atoms with van der Waals surface area (Å²) in [5, 5.41) is 3.56. The lowest BCUT2D eigenvalue weighted by atomic mass is 9.88. The normalized spacial score (nSPS) is 23.6. The number of aryl methyl sites for hydroxylation is 1. The zero-order valence-electron chi connectivity index (χ0n) is 19.5. The van der Waals surface area contributed by atoms with Crippen LogP contribution in [0.5, 0.6) is 0 Å². The lowest BCUT2D eigenvalue weighted by Crippen LogP contribution is -2.52. The number of piperidine rings is 1. The topological polar surface area (TPSA) is 65.3 Å². The first-order valence-corrected chi connectivity index (χ1v) is 12.2. The molecule has 0 bridgehead atoms. The fraction of sp³-hybridized carbons (Fsp3) is 0.783. The number of hydrogen-bond acceptors (Lipinski definition) is 7. The molecule has 3 fully saturated rings. The Hall–Kier alpha value is -1.93. The highest BCUT2D eigenvalue weighted by Gasteiger charge is 2.37. The Morgan fingerprint density at radius 1 is 1.00 bits per heavy atom. The van der Waals surface area contributed by atoms with E-state index in [1.54, 1.807) is 0 Å². The SMILES string of the molecule is CC(CN1CCCC1)Nc1nc(N2CCC(C)(N3CCCC3)CC2)c2c(ncn2C)n1. The highest BCUT2D eigenvalue weighted by molar-refractivity contribution is 5.85. The second-order valence-corrected chi connectivity index (χ2v) is 10.1. The van der Waals surface area contributed by atoms with Crippen molar-refractivity contribution in [2.24, 2.45) is 7.05 Å². The zero-order valence-corrected chi connectivity index (χ0v) is 19.5. The number of anilines is 2. The van der Waals surface area contributed by atoms with Gasteiger partial charge in [0.05, 0.1) is 6.33 Å². The van der Waals surface area contributed by atoms with E-state index in [9.17, 15) is 0 Å². The van der Waals surface area contributed by atoms with Gasteiger partial charge in [-0.25, -0.2) is 4.98 Å². The maximum atomic E-state index is 5.03. The van der Waals surface area contributed by atoms with E-state index in [-0.39, 0.29) is 0 Å². The van der Waals surface area contributed by atoms with Gasteiger partial charge in [-0.05, 0) is 78.6 Å². The van der Waals surface area contributed by atoms with Crippen molar-refractivity contribution in [1.29, 1.82) is 0 Å². The molecule has 170 valence electrons. The van der Waals surface area contributed by atoms with Gasteiger partial charge in [-0.1, -0.05) is 0 Å². The maximum absolute atomic E-state index is 5.03. The first-order chi connectivity index (χ1) is 15.0. The Morgan fingerprint density at radius 2 is 1.68 bits per heavy atom. The van der Waals surface area contributed by atoms with Gasteiger partial charge in [-0.15, -0.1) is 0 Å².